The van der Waals surface area contributed by atoms with Crippen molar-refractivity contribution in [2.45, 2.75) is 32.6 Å². The monoisotopic (exact) mass is 252 g/mol. The van der Waals surface area contributed by atoms with Gasteiger partial charge in [0.1, 0.15) is 6.29 Å². The van der Waals surface area contributed by atoms with E-state index in [0.29, 0.717) is 6.42 Å². The number of carbonyl (C=O) groups excluding carboxylic acids is 1. The molecule has 1 aromatic rings. The van der Waals surface area contributed by atoms with E-state index in [-0.39, 0.29) is 0 Å². The lowest BCUT2D eigenvalue weighted by Gasteiger charge is -2.30. The minimum absolute atomic E-state index is 0.520. The number of hydrogen-bond donors (Lipinski definition) is 0. The Morgan fingerprint density at radius 2 is 2.29 bits per heavy atom. The Kier molecular flexibility index (Phi) is 4.68. The van der Waals surface area contributed by atoms with Gasteiger partial charge in [0, 0.05) is 23.9 Å². The minimum Gasteiger partial charge on any atom is -0.304 e. The molecule has 1 aromatic heterocycles. The van der Waals surface area contributed by atoms with Crippen LogP contribution in [0.5, 0.6) is 0 Å². The molecule has 1 aliphatic rings. The number of piperidine rings is 1. The molecule has 94 valence electrons. The van der Waals surface area contributed by atoms with Gasteiger partial charge in [-0.3, -0.25) is 0 Å². The number of carbonyl (C=O) groups is 1. The van der Waals surface area contributed by atoms with Crippen LogP contribution in [-0.4, -0.2) is 35.8 Å². The van der Waals surface area contributed by atoms with Gasteiger partial charge in [-0.2, -0.15) is 0 Å². The summed E-state index contributed by atoms with van der Waals surface area (Å²) in [6.45, 7) is 5.86. The molecule has 0 bridgehead atoms. The lowest BCUT2D eigenvalue weighted by atomic mass is 9.94. The number of hydrogen-bond acceptors (Lipinski definition) is 4. The van der Waals surface area contributed by atoms with Crippen molar-refractivity contribution in [2.24, 2.45) is 5.92 Å². The van der Waals surface area contributed by atoms with Crippen molar-refractivity contribution in [3.05, 3.63) is 16.1 Å². The predicted molar refractivity (Wildman–Crippen MR) is 70.4 cm³/mol. The van der Waals surface area contributed by atoms with Crippen LogP contribution in [0.15, 0.2) is 6.20 Å². The maximum Gasteiger partial charge on any atom is 0.125 e. The standard InChI is InChI=1S/C13H20N2OS/c1-2-15-6-3-11(4-7-15)9-13-14-10-12(17-13)5-8-16/h8,10-11H,2-7,9H2,1H3. The molecule has 3 nitrogen and oxygen atoms in total. The number of thiazole rings is 1. The first-order chi connectivity index (χ1) is 8.31. The smallest absolute Gasteiger partial charge is 0.125 e. The number of rotatable bonds is 5. The molecule has 0 N–H and O–H groups in total. The molecule has 1 saturated heterocycles. The van der Waals surface area contributed by atoms with Crippen molar-refractivity contribution >= 4 is 17.6 Å². The van der Waals surface area contributed by atoms with Crippen LogP contribution in [-0.2, 0) is 17.6 Å². The molecule has 0 aliphatic carbocycles. The summed E-state index contributed by atoms with van der Waals surface area (Å²) in [5.74, 6) is 0.785. The zero-order chi connectivity index (χ0) is 12.1. The first kappa shape index (κ1) is 12.7. The van der Waals surface area contributed by atoms with Crippen LogP contribution in [0.25, 0.3) is 0 Å². The fourth-order valence-electron chi connectivity index (χ4n) is 2.37. The molecular weight excluding hydrogens is 232 g/mol. The number of nitrogens with zero attached hydrogens (tertiary/aromatic N) is 2. The second kappa shape index (κ2) is 6.26. The topological polar surface area (TPSA) is 33.2 Å². The van der Waals surface area contributed by atoms with Crippen LogP contribution in [0, 0.1) is 5.92 Å². The van der Waals surface area contributed by atoms with E-state index < -0.39 is 0 Å². The summed E-state index contributed by atoms with van der Waals surface area (Å²) in [5.41, 5.74) is 0. The average Bonchev–Trinajstić information content (AvgIpc) is 2.78. The Bertz CT molecular complexity index is 356. The molecule has 0 unspecified atom stereocenters. The highest BCUT2D eigenvalue weighted by Crippen LogP contribution is 2.24. The summed E-state index contributed by atoms with van der Waals surface area (Å²) in [7, 11) is 0. The Labute approximate surface area is 107 Å². The zero-order valence-corrected chi connectivity index (χ0v) is 11.2. The molecule has 0 aromatic carbocycles. The molecule has 2 rings (SSSR count). The molecule has 0 saturated carbocycles. The van der Waals surface area contributed by atoms with E-state index in [1.165, 1.54) is 37.5 Å². The Hall–Kier alpha value is -0.740. The highest BCUT2D eigenvalue weighted by molar-refractivity contribution is 7.11. The molecule has 0 radical (unpaired) electrons. The predicted octanol–water partition coefficient (Wildman–Crippen LogP) is 2.16. The first-order valence-electron chi connectivity index (χ1n) is 6.41. The minimum atomic E-state index is 0.520. The number of aromatic nitrogens is 1. The van der Waals surface area contributed by atoms with Gasteiger partial charge >= 0.3 is 0 Å². The van der Waals surface area contributed by atoms with Crippen LogP contribution in [0.2, 0.25) is 0 Å². The summed E-state index contributed by atoms with van der Waals surface area (Å²) >= 11 is 1.70. The second-order valence-electron chi connectivity index (χ2n) is 4.67. The van der Waals surface area contributed by atoms with Gasteiger partial charge in [0.15, 0.2) is 0 Å². The lowest BCUT2D eigenvalue weighted by Crippen LogP contribution is -2.33. The first-order valence-corrected chi connectivity index (χ1v) is 7.23. The summed E-state index contributed by atoms with van der Waals surface area (Å²) in [6, 6.07) is 0. The van der Waals surface area contributed by atoms with Crippen LogP contribution < -0.4 is 0 Å². The quantitative estimate of drug-likeness (QED) is 0.753. The summed E-state index contributed by atoms with van der Waals surface area (Å²) in [6.07, 6.45) is 7.01. The number of likely N-dealkylation sites (tertiary alicyclic amines) is 1. The van der Waals surface area contributed by atoms with E-state index in [1.54, 1.807) is 11.3 Å². The summed E-state index contributed by atoms with van der Waals surface area (Å²) in [5, 5.41) is 1.21. The van der Waals surface area contributed by atoms with Gasteiger partial charge < -0.3 is 9.69 Å². The molecule has 4 heteroatoms. The van der Waals surface area contributed by atoms with Crippen molar-refractivity contribution < 1.29 is 4.79 Å². The van der Waals surface area contributed by atoms with Crippen molar-refractivity contribution in [3.8, 4) is 0 Å². The molecule has 2 heterocycles. The van der Waals surface area contributed by atoms with Crippen molar-refractivity contribution in [3.63, 3.8) is 0 Å². The van der Waals surface area contributed by atoms with Crippen LogP contribution in [0.4, 0.5) is 0 Å². The largest absolute Gasteiger partial charge is 0.304 e. The van der Waals surface area contributed by atoms with Gasteiger partial charge in [-0.15, -0.1) is 11.3 Å². The normalized spacial score (nSPS) is 18.4. The Morgan fingerprint density at radius 1 is 1.53 bits per heavy atom. The molecular formula is C13H20N2OS. The van der Waals surface area contributed by atoms with Gasteiger partial charge in [0.25, 0.3) is 0 Å². The molecule has 0 spiro atoms. The molecule has 17 heavy (non-hydrogen) atoms. The molecule has 1 aliphatic heterocycles. The highest BCUT2D eigenvalue weighted by atomic mass is 32.1. The van der Waals surface area contributed by atoms with Gasteiger partial charge in [-0.25, -0.2) is 4.98 Å². The second-order valence-corrected chi connectivity index (χ2v) is 5.87. The van der Waals surface area contributed by atoms with Gasteiger partial charge in [-0.1, -0.05) is 6.92 Å². The SMILES string of the molecule is CCN1CCC(Cc2ncc(CC=O)s2)CC1. The number of aldehydes is 1. The van der Waals surface area contributed by atoms with E-state index in [1.807, 2.05) is 6.20 Å². The van der Waals surface area contributed by atoms with Crippen LogP contribution in [0.1, 0.15) is 29.7 Å². The van der Waals surface area contributed by atoms with E-state index in [0.717, 1.165) is 23.5 Å². The summed E-state index contributed by atoms with van der Waals surface area (Å²) < 4.78 is 0. The van der Waals surface area contributed by atoms with E-state index >= 15 is 0 Å². The van der Waals surface area contributed by atoms with Gasteiger partial charge in [-0.05, 0) is 38.4 Å². The Morgan fingerprint density at radius 3 is 2.94 bits per heavy atom. The highest BCUT2D eigenvalue weighted by Gasteiger charge is 2.19. The van der Waals surface area contributed by atoms with E-state index in [9.17, 15) is 4.79 Å². The third kappa shape index (κ3) is 3.61. The third-order valence-corrected chi connectivity index (χ3v) is 4.55. The zero-order valence-electron chi connectivity index (χ0n) is 10.4. The van der Waals surface area contributed by atoms with Crippen molar-refractivity contribution in [2.75, 3.05) is 19.6 Å². The maximum absolute atomic E-state index is 10.4. The van der Waals surface area contributed by atoms with Crippen LogP contribution >= 0.6 is 11.3 Å². The average molecular weight is 252 g/mol. The van der Waals surface area contributed by atoms with E-state index in [2.05, 4.69) is 16.8 Å². The fourth-order valence-corrected chi connectivity index (χ4v) is 3.36. The van der Waals surface area contributed by atoms with E-state index in [4.69, 9.17) is 0 Å². The van der Waals surface area contributed by atoms with Crippen molar-refractivity contribution in [1.82, 2.24) is 9.88 Å². The van der Waals surface area contributed by atoms with Gasteiger partial charge in [0.05, 0.1) is 5.01 Å². The van der Waals surface area contributed by atoms with Crippen LogP contribution in [0.3, 0.4) is 0 Å². The lowest BCUT2D eigenvalue weighted by molar-refractivity contribution is -0.107. The summed E-state index contributed by atoms with van der Waals surface area (Å²) in [4.78, 5) is 18.4. The third-order valence-electron chi connectivity index (χ3n) is 3.50. The molecule has 1 fully saturated rings. The van der Waals surface area contributed by atoms with Gasteiger partial charge in [0.2, 0.25) is 0 Å². The van der Waals surface area contributed by atoms with Crippen molar-refractivity contribution in [1.29, 1.82) is 0 Å². The molecule has 0 atom stereocenters. The fraction of sp³-hybridized carbons (Fsp3) is 0.692. The Balaban J connectivity index is 1.82. The molecule has 0 amide bonds. The maximum atomic E-state index is 10.4.